The summed E-state index contributed by atoms with van der Waals surface area (Å²) in [5, 5.41) is 11.1. The Bertz CT molecular complexity index is 1350. The maximum Gasteiger partial charge on any atom is 0.363 e. The summed E-state index contributed by atoms with van der Waals surface area (Å²) in [7, 11) is 0. The number of carbonyl (C=O) groups excluding carboxylic acids is 1. The van der Waals surface area contributed by atoms with Crippen LogP contribution in [0.5, 0.6) is 11.5 Å². The number of hydrogen-bond acceptors (Lipinski definition) is 7. The Morgan fingerprint density at radius 1 is 1.06 bits per heavy atom. The molecule has 35 heavy (non-hydrogen) atoms. The summed E-state index contributed by atoms with van der Waals surface area (Å²) < 4.78 is 16.9. The lowest BCUT2D eigenvalue weighted by Gasteiger charge is -2.13. The molecule has 3 aromatic carbocycles. The minimum atomic E-state index is -0.671. The van der Waals surface area contributed by atoms with E-state index in [0.717, 1.165) is 5.56 Å². The summed E-state index contributed by atoms with van der Waals surface area (Å²) >= 11 is 5.86. The van der Waals surface area contributed by atoms with Gasteiger partial charge in [0.1, 0.15) is 11.6 Å². The summed E-state index contributed by atoms with van der Waals surface area (Å²) in [6.45, 7) is 4.71. The van der Waals surface area contributed by atoms with Gasteiger partial charge in [0.25, 0.3) is 5.69 Å². The Hall–Kier alpha value is -4.17. The number of nitro groups is 1. The van der Waals surface area contributed by atoms with Gasteiger partial charge in [0.05, 0.1) is 11.5 Å². The van der Waals surface area contributed by atoms with Crippen molar-refractivity contribution in [2.45, 2.75) is 20.5 Å². The van der Waals surface area contributed by atoms with E-state index in [4.69, 9.17) is 25.8 Å². The molecule has 1 heterocycles. The highest BCUT2D eigenvalue weighted by Gasteiger charge is 2.26. The third kappa shape index (κ3) is 5.67. The minimum Gasteiger partial charge on any atom is -0.490 e. The van der Waals surface area contributed by atoms with Crippen LogP contribution in [0.1, 0.15) is 29.2 Å². The molecule has 0 unspecified atom stereocenters. The van der Waals surface area contributed by atoms with Crippen LogP contribution in [0.15, 0.2) is 71.4 Å². The van der Waals surface area contributed by atoms with Crippen molar-refractivity contribution in [1.29, 1.82) is 0 Å². The van der Waals surface area contributed by atoms with Gasteiger partial charge in [-0.15, -0.1) is 0 Å². The first-order chi connectivity index (χ1) is 16.8. The second-order valence-electron chi connectivity index (χ2n) is 7.67. The zero-order valence-corrected chi connectivity index (χ0v) is 19.7. The van der Waals surface area contributed by atoms with Crippen LogP contribution in [0, 0.1) is 17.0 Å². The van der Waals surface area contributed by atoms with Gasteiger partial charge in [0, 0.05) is 11.6 Å². The highest BCUT2D eigenvalue weighted by atomic mass is 35.5. The van der Waals surface area contributed by atoms with Crippen LogP contribution in [0.3, 0.4) is 0 Å². The molecule has 0 aromatic heterocycles. The molecule has 4 rings (SSSR count). The molecule has 8 nitrogen and oxygen atoms in total. The lowest BCUT2D eigenvalue weighted by Crippen LogP contribution is -2.06. The van der Waals surface area contributed by atoms with Gasteiger partial charge >= 0.3 is 5.97 Å². The number of rotatable bonds is 8. The fourth-order valence-corrected chi connectivity index (χ4v) is 3.51. The van der Waals surface area contributed by atoms with E-state index in [1.165, 1.54) is 23.8 Å². The fraction of sp³-hybridized carbons (Fsp3) is 0.154. The van der Waals surface area contributed by atoms with Crippen molar-refractivity contribution in [1.82, 2.24) is 0 Å². The molecule has 1 aliphatic heterocycles. The minimum absolute atomic E-state index is 0.0208. The predicted molar refractivity (Wildman–Crippen MR) is 132 cm³/mol. The van der Waals surface area contributed by atoms with Crippen molar-refractivity contribution in [3.8, 4) is 11.5 Å². The molecule has 178 valence electrons. The Kier molecular flexibility index (Phi) is 7.12. The van der Waals surface area contributed by atoms with E-state index in [9.17, 15) is 14.9 Å². The number of aliphatic imine (C=N–C) groups is 1. The van der Waals surface area contributed by atoms with E-state index in [0.29, 0.717) is 30.3 Å². The van der Waals surface area contributed by atoms with Crippen LogP contribution >= 0.6 is 11.6 Å². The van der Waals surface area contributed by atoms with Crippen LogP contribution in [0.4, 0.5) is 5.69 Å². The number of benzene rings is 3. The third-order valence-corrected chi connectivity index (χ3v) is 5.42. The van der Waals surface area contributed by atoms with Gasteiger partial charge in [0.2, 0.25) is 5.90 Å². The average Bonchev–Trinajstić information content (AvgIpc) is 3.20. The highest BCUT2D eigenvalue weighted by Crippen LogP contribution is 2.31. The normalized spacial score (nSPS) is 14.0. The molecule has 1 aliphatic rings. The first-order valence-electron chi connectivity index (χ1n) is 10.8. The molecule has 3 aromatic rings. The van der Waals surface area contributed by atoms with Crippen molar-refractivity contribution in [3.63, 3.8) is 0 Å². The van der Waals surface area contributed by atoms with Gasteiger partial charge in [0.15, 0.2) is 17.2 Å². The number of esters is 1. The molecule has 0 bridgehead atoms. The summed E-state index contributed by atoms with van der Waals surface area (Å²) in [5.74, 6) is 0.387. The molecule has 0 radical (unpaired) electrons. The van der Waals surface area contributed by atoms with Crippen molar-refractivity contribution in [2.24, 2.45) is 4.99 Å². The van der Waals surface area contributed by atoms with Crippen LogP contribution in [0.25, 0.3) is 6.08 Å². The maximum atomic E-state index is 12.4. The van der Waals surface area contributed by atoms with Gasteiger partial charge in [-0.05, 0) is 55.3 Å². The number of cyclic esters (lactones) is 1. The summed E-state index contributed by atoms with van der Waals surface area (Å²) in [6, 6.07) is 17.4. The number of carbonyl (C=O) groups is 1. The Morgan fingerprint density at radius 2 is 1.83 bits per heavy atom. The monoisotopic (exact) mass is 492 g/mol. The van der Waals surface area contributed by atoms with E-state index in [1.54, 1.807) is 24.3 Å². The highest BCUT2D eigenvalue weighted by molar-refractivity contribution is 6.32. The molecule has 9 heteroatoms. The van der Waals surface area contributed by atoms with Gasteiger partial charge < -0.3 is 14.2 Å². The van der Waals surface area contributed by atoms with Gasteiger partial charge in [-0.2, -0.15) is 0 Å². The first kappa shape index (κ1) is 24.0. The zero-order chi connectivity index (χ0) is 24.9. The largest absolute Gasteiger partial charge is 0.490 e. The number of aryl methyl sites for hydroxylation is 1. The van der Waals surface area contributed by atoms with E-state index in [1.807, 2.05) is 38.1 Å². The molecule has 0 spiro atoms. The Balaban J connectivity index is 1.57. The maximum absolute atomic E-state index is 12.4. The summed E-state index contributed by atoms with van der Waals surface area (Å²) in [4.78, 5) is 27.1. The lowest BCUT2D eigenvalue weighted by molar-refractivity contribution is -0.384. The summed E-state index contributed by atoms with van der Waals surface area (Å²) in [6.07, 6.45) is 1.55. The standard InChI is InChI=1S/C26H21ClN2O6/c1-3-33-24-13-18(8-11-23(24)34-15-17-6-4-16(2)5-7-17)12-21-26(30)35-25(28-21)19-9-10-20(27)22(14-19)29(31)32/h4-14H,3,15H2,1-2H3. The van der Waals surface area contributed by atoms with Crippen molar-refractivity contribution in [2.75, 3.05) is 6.61 Å². The predicted octanol–water partition coefficient (Wildman–Crippen LogP) is 5.88. The number of hydrogen-bond donors (Lipinski definition) is 0. The molecule has 0 saturated carbocycles. The fourth-order valence-electron chi connectivity index (χ4n) is 3.32. The van der Waals surface area contributed by atoms with Crippen molar-refractivity contribution >= 4 is 35.2 Å². The Morgan fingerprint density at radius 3 is 2.54 bits per heavy atom. The van der Waals surface area contributed by atoms with Crippen LogP contribution < -0.4 is 9.47 Å². The number of nitrogens with zero attached hydrogens (tertiary/aromatic N) is 2. The van der Waals surface area contributed by atoms with Crippen molar-refractivity contribution < 1.29 is 23.9 Å². The second kappa shape index (κ2) is 10.4. The van der Waals surface area contributed by atoms with E-state index >= 15 is 0 Å². The van der Waals surface area contributed by atoms with Gasteiger partial charge in [-0.1, -0.05) is 47.5 Å². The number of nitro benzene ring substituents is 1. The van der Waals surface area contributed by atoms with Crippen LogP contribution in [-0.2, 0) is 16.1 Å². The van der Waals surface area contributed by atoms with Crippen LogP contribution in [-0.4, -0.2) is 23.4 Å². The van der Waals surface area contributed by atoms with Crippen LogP contribution in [0.2, 0.25) is 5.02 Å². The average molecular weight is 493 g/mol. The Labute approximate surface area is 206 Å². The topological polar surface area (TPSA) is 100 Å². The SMILES string of the molecule is CCOc1cc(C=C2N=C(c3ccc(Cl)c([N+](=O)[O-])c3)OC2=O)ccc1OCc1ccc(C)cc1. The molecule has 0 N–H and O–H groups in total. The first-order valence-corrected chi connectivity index (χ1v) is 11.1. The lowest BCUT2D eigenvalue weighted by atomic mass is 10.1. The van der Waals surface area contributed by atoms with E-state index in [-0.39, 0.29) is 27.9 Å². The molecule has 0 saturated heterocycles. The smallest absolute Gasteiger partial charge is 0.363 e. The van der Waals surface area contributed by atoms with E-state index in [2.05, 4.69) is 4.99 Å². The number of halogens is 1. The van der Waals surface area contributed by atoms with E-state index < -0.39 is 10.9 Å². The molecule has 0 fully saturated rings. The number of ether oxygens (including phenoxy) is 3. The molecule has 0 amide bonds. The molecular formula is C26H21ClN2O6. The molecule has 0 atom stereocenters. The molecular weight excluding hydrogens is 472 g/mol. The second-order valence-corrected chi connectivity index (χ2v) is 8.08. The zero-order valence-electron chi connectivity index (χ0n) is 19.0. The van der Waals surface area contributed by atoms with Gasteiger partial charge in [-0.25, -0.2) is 9.79 Å². The quantitative estimate of drug-likeness (QED) is 0.168. The van der Waals surface area contributed by atoms with Crippen molar-refractivity contribution in [3.05, 3.63) is 104 Å². The third-order valence-electron chi connectivity index (χ3n) is 5.10. The molecule has 0 aliphatic carbocycles. The summed E-state index contributed by atoms with van der Waals surface area (Å²) in [5.41, 5.74) is 2.87. The van der Waals surface area contributed by atoms with Gasteiger partial charge in [-0.3, -0.25) is 10.1 Å².